The maximum absolute atomic E-state index is 11.0. The Balaban J connectivity index is 2.17. The van der Waals surface area contributed by atoms with Crippen LogP contribution in [0.3, 0.4) is 0 Å². The normalized spacial score (nSPS) is 10.6. The molecule has 0 radical (unpaired) electrons. The van der Waals surface area contributed by atoms with Crippen molar-refractivity contribution < 1.29 is 9.47 Å². The van der Waals surface area contributed by atoms with E-state index in [0.717, 1.165) is 0 Å². The van der Waals surface area contributed by atoms with Crippen LogP contribution in [0.25, 0.3) is 0 Å². The molecule has 0 atom stereocenters. The highest BCUT2D eigenvalue weighted by atomic mass is 35.5. The Labute approximate surface area is 124 Å². The van der Waals surface area contributed by atoms with Crippen molar-refractivity contribution in [3.05, 3.63) is 39.4 Å². The molecule has 0 aliphatic carbocycles. The lowest BCUT2D eigenvalue weighted by molar-refractivity contribution is 0.355. The molecule has 1 aromatic carbocycles. The molecule has 0 aliphatic heterocycles. The van der Waals surface area contributed by atoms with Crippen molar-refractivity contribution in [3.63, 3.8) is 0 Å². The van der Waals surface area contributed by atoms with Crippen LogP contribution < -0.4 is 20.6 Å². The maximum atomic E-state index is 11.0. The molecule has 1 heterocycles. The van der Waals surface area contributed by atoms with E-state index in [2.05, 4.69) is 25.7 Å². The second-order valence-corrected chi connectivity index (χ2v) is 4.19. The lowest BCUT2D eigenvalue weighted by atomic mass is 10.2. The van der Waals surface area contributed by atoms with Crippen molar-refractivity contribution in [1.82, 2.24) is 15.2 Å². The van der Waals surface area contributed by atoms with Crippen molar-refractivity contribution in [3.8, 4) is 11.5 Å². The molecule has 2 N–H and O–H groups in total. The topological polar surface area (TPSA) is 101 Å². The molecular formula is C12H12ClN5O3. The highest BCUT2D eigenvalue weighted by Gasteiger charge is 2.09. The molecule has 0 saturated heterocycles. The first-order valence-electron chi connectivity index (χ1n) is 5.76. The molecule has 0 amide bonds. The molecule has 110 valence electrons. The van der Waals surface area contributed by atoms with Crippen LogP contribution in [0, 0.1) is 0 Å². The lowest BCUT2D eigenvalue weighted by Gasteiger charge is -2.09. The predicted octanol–water partition coefficient (Wildman–Crippen LogP) is 1.28. The summed E-state index contributed by atoms with van der Waals surface area (Å²) in [4.78, 5) is 14.6. The summed E-state index contributed by atoms with van der Waals surface area (Å²) in [6.45, 7) is 0. The molecular weight excluding hydrogens is 298 g/mol. The molecule has 0 unspecified atom stereocenters. The number of aromatic amines is 1. The maximum Gasteiger partial charge on any atom is 0.363 e. The van der Waals surface area contributed by atoms with Gasteiger partial charge >= 0.3 is 5.69 Å². The summed E-state index contributed by atoms with van der Waals surface area (Å²) in [5.41, 5.74) is 2.70. The zero-order valence-corrected chi connectivity index (χ0v) is 12.0. The van der Waals surface area contributed by atoms with E-state index in [-0.39, 0.29) is 5.82 Å². The second kappa shape index (κ2) is 6.71. The minimum atomic E-state index is -0.565. The Bertz CT molecular complexity index is 716. The van der Waals surface area contributed by atoms with Gasteiger partial charge < -0.3 is 9.47 Å². The third-order valence-electron chi connectivity index (χ3n) is 2.42. The van der Waals surface area contributed by atoms with Crippen molar-refractivity contribution >= 4 is 23.6 Å². The Hall–Kier alpha value is -2.61. The number of halogens is 1. The van der Waals surface area contributed by atoms with Gasteiger partial charge in [0.05, 0.1) is 31.7 Å². The van der Waals surface area contributed by atoms with E-state index in [1.165, 1.54) is 26.6 Å². The van der Waals surface area contributed by atoms with Gasteiger partial charge in [-0.1, -0.05) is 11.6 Å². The molecule has 2 rings (SSSR count). The molecule has 1 aromatic heterocycles. The number of H-pyrrole nitrogens is 1. The number of methoxy groups -OCH3 is 2. The number of nitrogens with zero attached hydrogens (tertiary/aromatic N) is 3. The number of nitrogens with one attached hydrogen (secondary N) is 2. The molecule has 9 heteroatoms. The van der Waals surface area contributed by atoms with Crippen molar-refractivity contribution in [1.29, 1.82) is 0 Å². The average molecular weight is 310 g/mol. The summed E-state index contributed by atoms with van der Waals surface area (Å²) >= 11 is 6.08. The van der Waals surface area contributed by atoms with Crippen LogP contribution in [0.1, 0.15) is 5.56 Å². The second-order valence-electron chi connectivity index (χ2n) is 3.78. The predicted molar refractivity (Wildman–Crippen MR) is 78.4 cm³/mol. The molecule has 0 bridgehead atoms. The van der Waals surface area contributed by atoms with Gasteiger partial charge in [-0.15, -0.1) is 0 Å². The fourth-order valence-corrected chi connectivity index (χ4v) is 1.85. The van der Waals surface area contributed by atoms with Gasteiger partial charge in [-0.05, 0) is 17.7 Å². The van der Waals surface area contributed by atoms with Gasteiger partial charge in [0, 0.05) is 0 Å². The third-order valence-corrected chi connectivity index (χ3v) is 2.70. The largest absolute Gasteiger partial charge is 0.493 e. The summed E-state index contributed by atoms with van der Waals surface area (Å²) < 4.78 is 10.3. The summed E-state index contributed by atoms with van der Waals surface area (Å²) in [6.07, 6.45) is 2.83. The van der Waals surface area contributed by atoms with E-state index in [0.29, 0.717) is 22.1 Å². The zero-order chi connectivity index (χ0) is 15.2. The van der Waals surface area contributed by atoms with E-state index >= 15 is 0 Å². The van der Waals surface area contributed by atoms with Gasteiger partial charge in [-0.3, -0.25) is 5.43 Å². The summed E-state index contributed by atoms with van der Waals surface area (Å²) in [5.74, 6) is 1.16. The highest BCUT2D eigenvalue weighted by Crippen LogP contribution is 2.35. The molecule has 0 saturated carbocycles. The van der Waals surface area contributed by atoms with E-state index < -0.39 is 5.69 Å². The molecule has 0 fully saturated rings. The van der Waals surface area contributed by atoms with Crippen LogP contribution in [-0.4, -0.2) is 35.6 Å². The smallest absolute Gasteiger partial charge is 0.363 e. The minimum Gasteiger partial charge on any atom is -0.493 e. The van der Waals surface area contributed by atoms with Crippen molar-refractivity contribution in [2.45, 2.75) is 0 Å². The van der Waals surface area contributed by atoms with Crippen molar-refractivity contribution in [2.75, 3.05) is 19.6 Å². The van der Waals surface area contributed by atoms with Gasteiger partial charge in [0.15, 0.2) is 17.3 Å². The zero-order valence-electron chi connectivity index (χ0n) is 11.3. The van der Waals surface area contributed by atoms with E-state index in [1.807, 2.05) is 0 Å². The summed E-state index contributed by atoms with van der Waals surface area (Å²) in [5, 5.41) is 10.1. The molecule has 21 heavy (non-hydrogen) atoms. The van der Waals surface area contributed by atoms with Gasteiger partial charge in [-0.25, -0.2) is 9.89 Å². The Morgan fingerprint density at radius 2 is 2.19 bits per heavy atom. The number of hydrogen-bond acceptors (Lipinski definition) is 7. The SMILES string of the molecule is COc1cc(/C=N/Nc2cn[nH]c(=O)n2)cc(Cl)c1OC. The third kappa shape index (κ3) is 3.69. The standard InChI is InChI=1S/C12H12ClN5O3/c1-20-9-4-7(3-8(13)11(9)21-2)5-14-17-10-6-15-18-12(19)16-10/h3-6H,1-2H3,(H2,16,17,18,19)/b14-5+. The molecule has 8 nitrogen and oxygen atoms in total. The fourth-order valence-electron chi connectivity index (χ4n) is 1.55. The monoisotopic (exact) mass is 309 g/mol. The number of ether oxygens (including phenoxy) is 2. The van der Waals surface area contributed by atoms with Crippen LogP contribution in [0.2, 0.25) is 5.02 Å². The summed E-state index contributed by atoms with van der Waals surface area (Å²) in [7, 11) is 3.02. The Kier molecular flexibility index (Phi) is 4.72. The highest BCUT2D eigenvalue weighted by molar-refractivity contribution is 6.32. The molecule has 0 aliphatic rings. The van der Waals surface area contributed by atoms with Crippen LogP contribution in [-0.2, 0) is 0 Å². The average Bonchev–Trinajstić information content (AvgIpc) is 2.46. The quantitative estimate of drug-likeness (QED) is 0.637. The van der Waals surface area contributed by atoms with Crippen LogP contribution in [0.15, 0.2) is 28.2 Å². The first-order valence-corrected chi connectivity index (χ1v) is 6.14. The van der Waals surface area contributed by atoms with Crippen LogP contribution >= 0.6 is 11.6 Å². The number of anilines is 1. The fraction of sp³-hybridized carbons (Fsp3) is 0.167. The van der Waals surface area contributed by atoms with E-state index in [9.17, 15) is 4.79 Å². The molecule has 0 spiro atoms. The first-order chi connectivity index (χ1) is 10.1. The van der Waals surface area contributed by atoms with Gasteiger partial charge in [-0.2, -0.15) is 15.2 Å². The number of aromatic nitrogens is 3. The number of rotatable bonds is 5. The summed E-state index contributed by atoms with van der Waals surface area (Å²) in [6, 6.07) is 3.37. The number of hydrogen-bond donors (Lipinski definition) is 2. The van der Waals surface area contributed by atoms with Crippen LogP contribution in [0.5, 0.6) is 11.5 Å². The first kappa shape index (κ1) is 14.8. The number of hydrazone groups is 1. The molecule has 2 aromatic rings. The lowest BCUT2D eigenvalue weighted by Crippen LogP contribution is -2.13. The minimum absolute atomic E-state index is 0.224. The van der Waals surface area contributed by atoms with Crippen LogP contribution in [0.4, 0.5) is 5.82 Å². The Morgan fingerprint density at radius 3 is 2.86 bits per heavy atom. The van der Waals surface area contributed by atoms with Crippen molar-refractivity contribution in [2.24, 2.45) is 5.10 Å². The van der Waals surface area contributed by atoms with E-state index in [4.69, 9.17) is 21.1 Å². The van der Waals surface area contributed by atoms with Gasteiger partial charge in [0.25, 0.3) is 0 Å². The number of benzene rings is 1. The van der Waals surface area contributed by atoms with Gasteiger partial charge in [0.1, 0.15) is 0 Å². The van der Waals surface area contributed by atoms with E-state index in [1.54, 1.807) is 12.1 Å². The Morgan fingerprint density at radius 1 is 1.38 bits per heavy atom. The van der Waals surface area contributed by atoms with Gasteiger partial charge in [0.2, 0.25) is 0 Å².